The van der Waals surface area contributed by atoms with E-state index in [0.717, 1.165) is 0 Å². The van der Waals surface area contributed by atoms with Crippen LogP contribution in [0.4, 0.5) is 20.2 Å². The Morgan fingerprint density at radius 3 is 2.67 bits per heavy atom. The Hall–Kier alpha value is -2.15. The number of amides is 1. The summed E-state index contributed by atoms with van der Waals surface area (Å²) in [5.74, 6) is -0.524. The molecule has 0 saturated carbocycles. The lowest BCUT2D eigenvalue weighted by Crippen LogP contribution is -2.12. The summed E-state index contributed by atoms with van der Waals surface area (Å²) < 4.78 is 29.2. The van der Waals surface area contributed by atoms with Crippen LogP contribution in [0.15, 0.2) is 46.9 Å². The van der Waals surface area contributed by atoms with Crippen molar-refractivity contribution >= 4 is 33.2 Å². The minimum Gasteiger partial charge on any atom is -0.435 e. The molecular weight excluding hydrogens is 346 g/mol. The summed E-state index contributed by atoms with van der Waals surface area (Å²) in [6.45, 7) is -2.94. The number of anilines is 2. The number of benzene rings is 2. The SMILES string of the molecule is Nc1cc(NC(=O)c2cccc(OC(F)F)c2)ccc1Br. The molecule has 0 atom stereocenters. The normalized spacial score (nSPS) is 10.5. The molecule has 4 nitrogen and oxygen atoms in total. The van der Waals surface area contributed by atoms with E-state index in [0.29, 0.717) is 15.8 Å². The molecule has 0 bridgehead atoms. The van der Waals surface area contributed by atoms with Gasteiger partial charge in [-0.15, -0.1) is 0 Å². The Labute approximate surface area is 128 Å². The molecule has 7 heteroatoms. The first-order valence-electron chi connectivity index (χ1n) is 5.87. The standard InChI is InChI=1S/C14H11BrF2N2O2/c15-11-5-4-9(7-12(11)18)19-13(20)8-2-1-3-10(6-8)21-14(16)17/h1-7,14H,18H2,(H,19,20). The maximum absolute atomic E-state index is 12.1. The van der Waals surface area contributed by atoms with Crippen molar-refractivity contribution in [1.29, 1.82) is 0 Å². The maximum atomic E-state index is 12.1. The monoisotopic (exact) mass is 356 g/mol. The highest BCUT2D eigenvalue weighted by molar-refractivity contribution is 9.10. The van der Waals surface area contributed by atoms with Crippen LogP contribution in [0.1, 0.15) is 10.4 Å². The highest BCUT2D eigenvalue weighted by Crippen LogP contribution is 2.23. The molecule has 0 aromatic heterocycles. The van der Waals surface area contributed by atoms with Crippen molar-refractivity contribution in [3.8, 4) is 5.75 Å². The Morgan fingerprint density at radius 1 is 1.24 bits per heavy atom. The topological polar surface area (TPSA) is 64.3 Å². The second kappa shape index (κ2) is 6.53. The van der Waals surface area contributed by atoms with Gasteiger partial charge in [-0.25, -0.2) is 0 Å². The van der Waals surface area contributed by atoms with Crippen LogP contribution in [0.25, 0.3) is 0 Å². The number of nitrogen functional groups attached to an aromatic ring is 1. The molecule has 0 spiro atoms. The van der Waals surface area contributed by atoms with Crippen molar-refractivity contribution < 1.29 is 18.3 Å². The van der Waals surface area contributed by atoms with Crippen LogP contribution in [0, 0.1) is 0 Å². The third-order valence-corrected chi connectivity index (χ3v) is 3.30. The zero-order valence-corrected chi connectivity index (χ0v) is 12.2. The molecule has 21 heavy (non-hydrogen) atoms. The number of hydrogen-bond acceptors (Lipinski definition) is 3. The van der Waals surface area contributed by atoms with Crippen LogP contribution < -0.4 is 15.8 Å². The molecular formula is C14H11BrF2N2O2. The number of rotatable bonds is 4. The lowest BCUT2D eigenvalue weighted by Gasteiger charge is -2.09. The minimum atomic E-state index is -2.94. The second-order valence-corrected chi connectivity index (χ2v) is 4.95. The quantitative estimate of drug-likeness (QED) is 0.817. The highest BCUT2D eigenvalue weighted by Gasteiger charge is 2.10. The summed E-state index contributed by atoms with van der Waals surface area (Å²) in [5, 5.41) is 2.62. The van der Waals surface area contributed by atoms with Gasteiger partial charge in [-0.05, 0) is 52.3 Å². The van der Waals surface area contributed by atoms with Crippen LogP contribution in [0.3, 0.4) is 0 Å². The largest absolute Gasteiger partial charge is 0.435 e. The molecule has 2 aromatic rings. The number of ether oxygens (including phenoxy) is 1. The van der Waals surface area contributed by atoms with E-state index in [9.17, 15) is 13.6 Å². The highest BCUT2D eigenvalue weighted by atomic mass is 79.9. The Bertz CT molecular complexity index is 665. The fourth-order valence-corrected chi connectivity index (χ4v) is 1.88. The summed E-state index contributed by atoms with van der Waals surface area (Å²) >= 11 is 3.25. The van der Waals surface area contributed by atoms with Crippen molar-refractivity contribution in [2.24, 2.45) is 0 Å². The number of carbonyl (C=O) groups is 1. The maximum Gasteiger partial charge on any atom is 0.387 e. The number of nitrogens with two attached hydrogens (primary N) is 1. The molecule has 0 heterocycles. The van der Waals surface area contributed by atoms with Gasteiger partial charge in [0, 0.05) is 21.4 Å². The summed E-state index contributed by atoms with van der Waals surface area (Å²) in [6, 6.07) is 10.5. The van der Waals surface area contributed by atoms with Gasteiger partial charge in [0.2, 0.25) is 0 Å². The minimum absolute atomic E-state index is 0.0760. The van der Waals surface area contributed by atoms with E-state index in [-0.39, 0.29) is 11.3 Å². The molecule has 0 aliphatic rings. The first-order chi connectivity index (χ1) is 9.95. The van der Waals surface area contributed by atoms with Gasteiger partial charge in [-0.2, -0.15) is 8.78 Å². The fraction of sp³-hybridized carbons (Fsp3) is 0.0714. The van der Waals surface area contributed by atoms with Gasteiger partial charge in [-0.1, -0.05) is 6.07 Å². The van der Waals surface area contributed by atoms with Gasteiger partial charge in [0.1, 0.15) is 5.75 Å². The van der Waals surface area contributed by atoms with E-state index in [1.807, 2.05) is 0 Å². The molecule has 0 aliphatic heterocycles. The Kier molecular flexibility index (Phi) is 4.74. The predicted molar refractivity (Wildman–Crippen MR) is 79.6 cm³/mol. The van der Waals surface area contributed by atoms with Gasteiger partial charge in [-0.3, -0.25) is 4.79 Å². The van der Waals surface area contributed by atoms with E-state index < -0.39 is 12.5 Å². The average molecular weight is 357 g/mol. The van der Waals surface area contributed by atoms with E-state index in [4.69, 9.17) is 5.73 Å². The van der Waals surface area contributed by atoms with Crippen LogP contribution in [-0.4, -0.2) is 12.5 Å². The van der Waals surface area contributed by atoms with Crippen molar-refractivity contribution in [2.45, 2.75) is 6.61 Å². The number of nitrogens with one attached hydrogen (secondary N) is 1. The van der Waals surface area contributed by atoms with Gasteiger partial charge in [0.15, 0.2) is 0 Å². The second-order valence-electron chi connectivity index (χ2n) is 4.10. The first-order valence-corrected chi connectivity index (χ1v) is 6.66. The van der Waals surface area contributed by atoms with Crippen molar-refractivity contribution in [3.63, 3.8) is 0 Å². The molecule has 2 aromatic carbocycles. The summed E-state index contributed by atoms with van der Waals surface area (Å²) in [6.07, 6.45) is 0. The van der Waals surface area contributed by atoms with E-state index in [1.54, 1.807) is 18.2 Å². The average Bonchev–Trinajstić information content (AvgIpc) is 2.42. The molecule has 1 amide bonds. The Morgan fingerprint density at radius 2 is 2.00 bits per heavy atom. The third-order valence-electron chi connectivity index (χ3n) is 2.58. The molecule has 0 unspecified atom stereocenters. The smallest absolute Gasteiger partial charge is 0.387 e. The van der Waals surface area contributed by atoms with Gasteiger partial charge in [0.05, 0.1) is 0 Å². The molecule has 0 aliphatic carbocycles. The first kappa shape index (κ1) is 15.2. The summed E-state index contributed by atoms with van der Waals surface area (Å²) in [5.41, 5.74) is 6.89. The third kappa shape index (κ3) is 4.16. The molecule has 110 valence electrons. The molecule has 2 rings (SSSR count). The lowest BCUT2D eigenvalue weighted by atomic mass is 10.2. The van der Waals surface area contributed by atoms with Crippen molar-refractivity contribution in [2.75, 3.05) is 11.1 Å². The van der Waals surface area contributed by atoms with Gasteiger partial charge >= 0.3 is 6.61 Å². The Balaban J connectivity index is 2.14. The van der Waals surface area contributed by atoms with Crippen molar-refractivity contribution in [3.05, 3.63) is 52.5 Å². The summed E-state index contributed by atoms with van der Waals surface area (Å²) in [7, 11) is 0. The lowest BCUT2D eigenvalue weighted by molar-refractivity contribution is -0.0498. The van der Waals surface area contributed by atoms with E-state index in [2.05, 4.69) is 26.0 Å². The number of carbonyl (C=O) groups excluding carboxylic acids is 1. The van der Waals surface area contributed by atoms with Crippen LogP contribution in [-0.2, 0) is 0 Å². The number of hydrogen-bond donors (Lipinski definition) is 2. The van der Waals surface area contributed by atoms with Crippen LogP contribution in [0.5, 0.6) is 5.75 Å². The number of halogens is 3. The van der Waals surface area contributed by atoms with Gasteiger partial charge < -0.3 is 15.8 Å². The van der Waals surface area contributed by atoms with E-state index in [1.165, 1.54) is 24.3 Å². The van der Waals surface area contributed by atoms with E-state index >= 15 is 0 Å². The predicted octanol–water partition coefficient (Wildman–Crippen LogP) is 3.89. The molecule has 0 fully saturated rings. The number of alkyl halides is 2. The molecule has 0 radical (unpaired) electrons. The van der Waals surface area contributed by atoms with Crippen LogP contribution >= 0.6 is 15.9 Å². The fourth-order valence-electron chi connectivity index (χ4n) is 1.64. The van der Waals surface area contributed by atoms with Gasteiger partial charge in [0.25, 0.3) is 5.91 Å². The zero-order valence-electron chi connectivity index (χ0n) is 10.6. The zero-order chi connectivity index (χ0) is 15.4. The van der Waals surface area contributed by atoms with Crippen molar-refractivity contribution in [1.82, 2.24) is 0 Å². The summed E-state index contributed by atoms with van der Waals surface area (Å²) in [4.78, 5) is 12.0. The molecule has 0 saturated heterocycles. The molecule has 3 N–H and O–H groups in total. The van der Waals surface area contributed by atoms with Crippen LogP contribution in [0.2, 0.25) is 0 Å².